The summed E-state index contributed by atoms with van der Waals surface area (Å²) >= 11 is 2.29. The lowest BCUT2D eigenvalue weighted by Crippen LogP contribution is -2.04. The number of aliphatic hydroxyl groups is 1. The van der Waals surface area contributed by atoms with Crippen molar-refractivity contribution in [2.24, 2.45) is 5.92 Å². The van der Waals surface area contributed by atoms with Crippen molar-refractivity contribution in [1.29, 1.82) is 0 Å². The molecule has 66 valence electrons. The second kappa shape index (κ2) is 4.82. The summed E-state index contributed by atoms with van der Waals surface area (Å²) in [5.41, 5.74) is 1.30. The average molecular weight is 276 g/mol. The molecule has 0 saturated carbocycles. The molecule has 0 aliphatic heterocycles. The predicted octanol–water partition coefficient (Wildman–Crippen LogP) is 2.46. The van der Waals surface area contributed by atoms with E-state index in [0.29, 0.717) is 5.92 Å². The van der Waals surface area contributed by atoms with Gasteiger partial charge in [-0.05, 0) is 52.6 Å². The van der Waals surface area contributed by atoms with Crippen LogP contribution in [-0.4, -0.2) is 11.7 Å². The number of hydrogen-bond donors (Lipinski definition) is 1. The van der Waals surface area contributed by atoms with Crippen LogP contribution in [0.4, 0.5) is 0 Å². The van der Waals surface area contributed by atoms with Gasteiger partial charge in [-0.2, -0.15) is 0 Å². The van der Waals surface area contributed by atoms with E-state index in [1.54, 1.807) is 0 Å². The van der Waals surface area contributed by atoms with Crippen LogP contribution in [0.1, 0.15) is 12.5 Å². The second-order valence-corrected chi connectivity index (χ2v) is 4.36. The van der Waals surface area contributed by atoms with Gasteiger partial charge in [0.05, 0.1) is 0 Å². The van der Waals surface area contributed by atoms with Crippen molar-refractivity contribution in [1.82, 2.24) is 0 Å². The minimum Gasteiger partial charge on any atom is -0.396 e. The maximum Gasteiger partial charge on any atom is 0.0459 e. The topological polar surface area (TPSA) is 20.2 Å². The van der Waals surface area contributed by atoms with Gasteiger partial charge in [0.1, 0.15) is 0 Å². The van der Waals surface area contributed by atoms with Crippen molar-refractivity contribution in [2.75, 3.05) is 6.61 Å². The van der Waals surface area contributed by atoms with Gasteiger partial charge in [-0.25, -0.2) is 0 Å². The van der Waals surface area contributed by atoms with Gasteiger partial charge in [-0.15, -0.1) is 0 Å². The molecule has 1 aromatic carbocycles. The fraction of sp³-hybridized carbons (Fsp3) is 0.400. The van der Waals surface area contributed by atoms with Crippen LogP contribution in [0.5, 0.6) is 0 Å². The molecule has 2 heteroatoms. The van der Waals surface area contributed by atoms with Crippen LogP contribution in [0.2, 0.25) is 0 Å². The van der Waals surface area contributed by atoms with Gasteiger partial charge in [0.15, 0.2) is 0 Å². The van der Waals surface area contributed by atoms with E-state index < -0.39 is 0 Å². The van der Waals surface area contributed by atoms with Crippen molar-refractivity contribution >= 4 is 22.6 Å². The Morgan fingerprint density at radius 3 is 2.42 bits per heavy atom. The molecule has 0 saturated heterocycles. The Balaban J connectivity index is 2.58. The Morgan fingerprint density at radius 2 is 1.92 bits per heavy atom. The zero-order valence-corrected chi connectivity index (χ0v) is 9.28. The van der Waals surface area contributed by atoms with E-state index in [9.17, 15) is 0 Å². The minimum atomic E-state index is 0.270. The van der Waals surface area contributed by atoms with Gasteiger partial charge in [-0.1, -0.05) is 19.1 Å². The lowest BCUT2D eigenvalue weighted by molar-refractivity contribution is 0.237. The minimum absolute atomic E-state index is 0.270. The van der Waals surface area contributed by atoms with Crippen molar-refractivity contribution in [3.8, 4) is 0 Å². The van der Waals surface area contributed by atoms with Crippen molar-refractivity contribution in [3.63, 3.8) is 0 Å². The zero-order valence-electron chi connectivity index (χ0n) is 7.13. The Labute approximate surface area is 86.9 Å². The average Bonchev–Trinajstić information content (AvgIpc) is 2.09. The van der Waals surface area contributed by atoms with Crippen LogP contribution in [0, 0.1) is 9.49 Å². The van der Waals surface area contributed by atoms with Crippen LogP contribution in [-0.2, 0) is 6.42 Å². The van der Waals surface area contributed by atoms with Gasteiger partial charge < -0.3 is 5.11 Å². The molecule has 0 unspecified atom stereocenters. The summed E-state index contributed by atoms with van der Waals surface area (Å²) < 4.78 is 1.26. The van der Waals surface area contributed by atoms with Gasteiger partial charge in [0, 0.05) is 10.2 Å². The SMILES string of the molecule is C[C@@H](CO)Cc1ccc(I)cc1. The third kappa shape index (κ3) is 3.11. The maximum absolute atomic E-state index is 8.85. The first-order chi connectivity index (χ1) is 5.72. The highest BCUT2D eigenvalue weighted by Crippen LogP contribution is 2.10. The van der Waals surface area contributed by atoms with Crippen LogP contribution in [0.25, 0.3) is 0 Å². The monoisotopic (exact) mass is 276 g/mol. The molecule has 1 N–H and O–H groups in total. The predicted molar refractivity (Wildman–Crippen MR) is 59.1 cm³/mol. The fourth-order valence-electron chi connectivity index (χ4n) is 1.09. The molecule has 1 aromatic rings. The van der Waals surface area contributed by atoms with E-state index in [1.807, 2.05) is 0 Å². The summed E-state index contributed by atoms with van der Waals surface area (Å²) in [7, 11) is 0. The maximum atomic E-state index is 8.85. The number of aliphatic hydroxyl groups excluding tert-OH is 1. The molecule has 12 heavy (non-hydrogen) atoms. The van der Waals surface area contributed by atoms with E-state index in [0.717, 1.165) is 6.42 Å². The summed E-state index contributed by atoms with van der Waals surface area (Å²) in [6.45, 7) is 2.32. The normalized spacial score (nSPS) is 12.9. The first-order valence-corrected chi connectivity index (χ1v) is 5.15. The van der Waals surface area contributed by atoms with Crippen molar-refractivity contribution in [3.05, 3.63) is 33.4 Å². The lowest BCUT2D eigenvalue weighted by Gasteiger charge is -2.06. The van der Waals surface area contributed by atoms with Crippen molar-refractivity contribution < 1.29 is 5.11 Å². The smallest absolute Gasteiger partial charge is 0.0459 e. The number of benzene rings is 1. The van der Waals surface area contributed by atoms with Crippen LogP contribution >= 0.6 is 22.6 Å². The van der Waals surface area contributed by atoms with Gasteiger partial charge in [-0.3, -0.25) is 0 Å². The van der Waals surface area contributed by atoms with Gasteiger partial charge >= 0.3 is 0 Å². The lowest BCUT2D eigenvalue weighted by atomic mass is 10.0. The first-order valence-electron chi connectivity index (χ1n) is 4.07. The van der Waals surface area contributed by atoms with E-state index in [-0.39, 0.29) is 6.61 Å². The first kappa shape index (κ1) is 9.99. The number of rotatable bonds is 3. The quantitative estimate of drug-likeness (QED) is 0.841. The largest absolute Gasteiger partial charge is 0.396 e. The third-order valence-electron chi connectivity index (χ3n) is 1.81. The highest BCUT2D eigenvalue weighted by Gasteiger charge is 2.00. The van der Waals surface area contributed by atoms with E-state index >= 15 is 0 Å². The van der Waals surface area contributed by atoms with E-state index in [1.165, 1.54) is 9.13 Å². The fourth-order valence-corrected chi connectivity index (χ4v) is 1.45. The molecule has 0 aliphatic rings. The summed E-state index contributed by atoms with van der Waals surface area (Å²) in [6.07, 6.45) is 0.966. The highest BCUT2D eigenvalue weighted by molar-refractivity contribution is 14.1. The number of halogens is 1. The Bertz CT molecular complexity index is 230. The number of hydrogen-bond acceptors (Lipinski definition) is 1. The Morgan fingerprint density at radius 1 is 1.33 bits per heavy atom. The molecule has 1 rings (SSSR count). The molecule has 0 spiro atoms. The van der Waals surface area contributed by atoms with Crippen LogP contribution < -0.4 is 0 Å². The molecular weight excluding hydrogens is 263 g/mol. The molecule has 1 atom stereocenters. The summed E-state index contributed by atoms with van der Waals surface area (Å²) in [5, 5.41) is 8.85. The summed E-state index contributed by atoms with van der Waals surface area (Å²) in [6, 6.07) is 8.43. The Hall–Kier alpha value is -0.0900. The second-order valence-electron chi connectivity index (χ2n) is 3.12. The molecule has 0 aromatic heterocycles. The standard InChI is InChI=1S/C10H13IO/c1-8(7-12)6-9-2-4-10(11)5-3-9/h2-5,8,12H,6-7H2,1H3/t8-/m1/s1. The molecule has 0 bridgehead atoms. The van der Waals surface area contributed by atoms with Gasteiger partial charge in [0.2, 0.25) is 0 Å². The Kier molecular flexibility index (Phi) is 4.01. The molecular formula is C10H13IO. The highest BCUT2D eigenvalue weighted by atomic mass is 127. The molecule has 1 nitrogen and oxygen atoms in total. The van der Waals surface area contributed by atoms with Crippen LogP contribution in [0.3, 0.4) is 0 Å². The molecule has 0 aliphatic carbocycles. The van der Waals surface area contributed by atoms with E-state index in [2.05, 4.69) is 53.8 Å². The van der Waals surface area contributed by atoms with Crippen LogP contribution in [0.15, 0.2) is 24.3 Å². The molecule has 0 amide bonds. The third-order valence-corrected chi connectivity index (χ3v) is 2.53. The van der Waals surface area contributed by atoms with Gasteiger partial charge in [0.25, 0.3) is 0 Å². The van der Waals surface area contributed by atoms with E-state index in [4.69, 9.17) is 5.11 Å². The zero-order chi connectivity index (χ0) is 8.97. The molecule has 0 fully saturated rings. The molecule has 0 radical (unpaired) electrons. The summed E-state index contributed by atoms with van der Waals surface area (Å²) in [4.78, 5) is 0. The molecule has 0 heterocycles. The summed E-state index contributed by atoms with van der Waals surface area (Å²) in [5.74, 6) is 0.366. The van der Waals surface area contributed by atoms with Crippen molar-refractivity contribution in [2.45, 2.75) is 13.3 Å².